The lowest BCUT2D eigenvalue weighted by molar-refractivity contribution is -0.255. The van der Waals surface area contributed by atoms with Crippen LogP contribution in [0.25, 0.3) is 0 Å². The van der Waals surface area contributed by atoms with Crippen LogP contribution in [-0.4, -0.2) is 41.9 Å². The van der Waals surface area contributed by atoms with E-state index >= 15 is 0 Å². The highest BCUT2D eigenvalue weighted by molar-refractivity contribution is 6.07. The number of amides is 3. The van der Waals surface area contributed by atoms with Gasteiger partial charge in [0.05, 0.1) is 24.8 Å². The van der Waals surface area contributed by atoms with Crippen molar-refractivity contribution in [2.24, 2.45) is 7.05 Å². The molecule has 1 aromatic heterocycles. The van der Waals surface area contributed by atoms with Crippen LogP contribution in [0.15, 0.2) is 54.7 Å². The van der Waals surface area contributed by atoms with Crippen molar-refractivity contribution >= 4 is 40.8 Å². The van der Waals surface area contributed by atoms with Gasteiger partial charge in [-0.25, -0.2) is 0 Å². The highest BCUT2D eigenvalue weighted by Gasteiger charge is 2.32. The Hall–Kier alpha value is -4.36. The summed E-state index contributed by atoms with van der Waals surface area (Å²) in [5, 5.41) is 7.60. The molecule has 3 rings (SSSR count). The van der Waals surface area contributed by atoms with Crippen LogP contribution in [0.4, 0.5) is 30.2 Å². The summed E-state index contributed by atoms with van der Waals surface area (Å²) in [6, 6.07) is 10.7. The Morgan fingerprint density at radius 1 is 0.974 bits per heavy atom. The van der Waals surface area contributed by atoms with E-state index in [9.17, 15) is 32.3 Å². The minimum absolute atomic E-state index is 0. The number of methoxy groups -OCH3 is 1. The molecule has 3 aromatic rings. The summed E-state index contributed by atoms with van der Waals surface area (Å²) in [5.41, 5.74) is 3.62. The summed E-state index contributed by atoms with van der Waals surface area (Å²) < 4.78 is 45.1. The smallest absolute Gasteiger partial charge is 0.416 e. The molecule has 0 saturated heterocycles. The van der Waals surface area contributed by atoms with Gasteiger partial charge in [-0.2, -0.15) is 13.2 Å². The van der Waals surface area contributed by atoms with Gasteiger partial charge in [-0.05, 0) is 29.8 Å². The Morgan fingerprint density at radius 3 is 2.33 bits per heavy atom. The van der Waals surface area contributed by atoms with Crippen molar-refractivity contribution in [3.8, 4) is 0 Å². The fourth-order valence-electron chi connectivity index (χ4n) is 3.49. The minimum Gasteiger partial charge on any atom is -1.00 e. The highest BCUT2D eigenvalue weighted by Crippen LogP contribution is 2.31. The summed E-state index contributed by atoms with van der Waals surface area (Å²) >= 11 is 0. The van der Waals surface area contributed by atoms with Crippen molar-refractivity contribution in [2.75, 3.05) is 24.3 Å². The van der Waals surface area contributed by atoms with Crippen LogP contribution in [0.5, 0.6) is 0 Å². The Labute approximate surface area is 227 Å². The molecular formula is C25H25ClF3N5O5. The molecule has 1 heterocycles. The van der Waals surface area contributed by atoms with Crippen molar-refractivity contribution in [1.82, 2.24) is 9.88 Å². The maximum absolute atomic E-state index is 13.1. The number of benzene rings is 2. The number of nitrogens with one attached hydrogen (secondary N) is 3. The maximum atomic E-state index is 13.1. The molecule has 39 heavy (non-hydrogen) atoms. The molecular weight excluding hydrogens is 543 g/mol. The normalized spacial score (nSPS) is 10.7. The zero-order valence-corrected chi connectivity index (χ0v) is 21.6. The number of nitrogens with zero attached hydrogens (tertiary/aromatic N) is 1. The molecule has 0 aliphatic rings. The van der Waals surface area contributed by atoms with Gasteiger partial charge in [0.2, 0.25) is 5.91 Å². The second-order valence-corrected chi connectivity index (χ2v) is 8.28. The summed E-state index contributed by atoms with van der Waals surface area (Å²) in [6.07, 6.45) is -3.23. The topological polar surface area (TPSA) is 146 Å². The minimum atomic E-state index is -4.63. The first-order chi connectivity index (χ1) is 17.8. The monoisotopic (exact) mass is 567 g/mol. The number of anilines is 2. The van der Waals surface area contributed by atoms with Gasteiger partial charge in [-0.1, -0.05) is 12.1 Å². The van der Waals surface area contributed by atoms with Gasteiger partial charge in [0.1, 0.15) is 17.9 Å². The molecule has 2 aromatic carbocycles. The maximum Gasteiger partial charge on any atom is 0.416 e. The van der Waals surface area contributed by atoms with Gasteiger partial charge in [0.25, 0.3) is 11.8 Å². The van der Waals surface area contributed by atoms with Crippen molar-refractivity contribution < 1.29 is 55.2 Å². The zero-order valence-electron chi connectivity index (χ0n) is 20.8. The fourth-order valence-corrected chi connectivity index (χ4v) is 3.49. The number of halogens is 4. The first-order valence-corrected chi connectivity index (χ1v) is 11.1. The van der Waals surface area contributed by atoms with Gasteiger partial charge in [-0.15, -0.1) is 0 Å². The lowest BCUT2D eigenvalue weighted by Crippen LogP contribution is -3.00. The van der Waals surface area contributed by atoms with E-state index in [2.05, 4.69) is 26.4 Å². The molecule has 0 radical (unpaired) electrons. The Balaban J connectivity index is 0.00000533. The van der Waals surface area contributed by atoms with E-state index in [4.69, 9.17) is 0 Å². The number of carbonyl (C=O) groups excluding carboxylic acids is 4. The van der Waals surface area contributed by atoms with Gasteiger partial charge >= 0.3 is 12.1 Å². The molecule has 208 valence electrons. The lowest BCUT2D eigenvalue weighted by atomic mass is 10.1. The second-order valence-electron chi connectivity index (χ2n) is 8.28. The van der Waals surface area contributed by atoms with E-state index in [1.54, 1.807) is 31.3 Å². The molecule has 0 spiro atoms. The quantitative estimate of drug-likeness (QED) is 0.265. The van der Waals surface area contributed by atoms with Gasteiger partial charge in [0.15, 0.2) is 0 Å². The van der Waals surface area contributed by atoms with Crippen LogP contribution in [0, 0.1) is 0 Å². The first kappa shape index (κ1) is 30.9. The van der Waals surface area contributed by atoms with Gasteiger partial charge in [0, 0.05) is 36.6 Å². The molecule has 3 amide bonds. The third-order valence-corrected chi connectivity index (χ3v) is 5.28. The summed E-state index contributed by atoms with van der Waals surface area (Å²) in [4.78, 5) is 48.6. The van der Waals surface area contributed by atoms with Crippen molar-refractivity contribution in [3.63, 3.8) is 0 Å². The molecule has 0 atom stereocenters. The molecule has 14 heteroatoms. The van der Waals surface area contributed by atoms with Crippen LogP contribution >= 0.6 is 0 Å². The van der Waals surface area contributed by atoms with Gasteiger partial charge in [-0.3, -0.25) is 19.2 Å². The van der Waals surface area contributed by atoms with Crippen LogP contribution < -0.4 is 34.1 Å². The van der Waals surface area contributed by atoms with Crippen LogP contribution in [-0.2, 0) is 34.0 Å². The van der Waals surface area contributed by atoms with Crippen molar-refractivity contribution in [3.05, 3.63) is 77.1 Å². The highest BCUT2D eigenvalue weighted by atomic mass is 35.5. The number of aryl methyl sites for hydroxylation is 1. The molecule has 10 nitrogen and oxygen atoms in total. The number of aromatic nitrogens is 1. The van der Waals surface area contributed by atoms with Crippen molar-refractivity contribution in [1.29, 1.82) is 0 Å². The number of alkyl halides is 3. The zero-order chi connectivity index (χ0) is 28.0. The predicted octanol–water partition coefficient (Wildman–Crippen LogP) is -0.742. The molecule has 0 bridgehead atoms. The predicted molar refractivity (Wildman–Crippen MR) is 130 cm³/mol. The number of carbonyl (C=O) groups is 4. The molecule has 0 unspecified atom stereocenters. The number of ether oxygens (including phenoxy) is 1. The third kappa shape index (κ3) is 8.58. The van der Waals surface area contributed by atoms with Gasteiger partial charge < -0.3 is 43.4 Å². The Bertz CT molecular complexity index is 1390. The lowest BCUT2D eigenvalue weighted by Gasteiger charge is -2.09. The largest absolute Gasteiger partial charge is 1.00 e. The average Bonchev–Trinajstić information content (AvgIpc) is 3.21. The second kappa shape index (κ2) is 12.9. The van der Waals surface area contributed by atoms with Crippen LogP contribution in [0.1, 0.15) is 32.0 Å². The van der Waals surface area contributed by atoms with Crippen LogP contribution in [0.3, 0.4) is 0 Å². The van der Waals surface area contributed by atoms with E-state index < -0.39 is 35.4 Å². The molecule has 0 saturated carbocycles. The SMILES string of the molecule is COC(=O)CNC(=O)Cc1cccc(NC(=O)c2cc(NC(=O)c3cc([NH3+])cc(C(F)(F)F)c3)cn2C)c1.[Cl-]. The molecule has 0 fully saturated rings. The number of esters is 1. The Kier molecular flexibility index (Phi) is 10.2. The van der Waals surface area contributed by atoms with E-state index in [-0.39, 0.29) is 48.0 Å². The fraction of sp³-hybridized carbons (Fsp3) is 0.200. The van der Waals surface area contributed by atoms with E-state index in [0.717, 1.165) is 12.1 Å². The molecule has 0 aliphatic carbocycles. The number of hydrogen-bond donors (Lipinski definition) is 4. The number of hydrogen-bond acceptors (Lipinski definition) is 5. The number of quaternary nitrogens is 1. The summed E-state index contributed by atoms with van der Waals surface area (Å²) in [6.45, 7) is -0.262. The number of rotatable bonds is 8. The van der Waals surface area contributed by atoms with E-state index in [0.29, 0.717) is 11.3 Å². The summed E-state index contributed by atoms with van der Waals surface area (Å²) in [7, 11) is 2.77. The Morgan fingerprint density at radius 2 is 1.67 bits per heavy atom. The third-order valence-electron chi connectivity index (χ3n) is 5.28. The molecule has 6 N–H and O–H groups in total. The van der Waals surface area contributed by atoms with Crippen LogP contribution in [0.2, 0.25) is 0 Å². The van der Waals surface area contributed by atoms with Crippen molar-refractivity contribution in [2.45, 2.75) is 12.6 Å². The summed E-state index contributed by atoms with van der Waals surface area (Å²) in [5.74, 6) is -2.32. The first-order valence-electron chi connectivity index (χ1n) is 11.1. The van der Waals surface area contributed by atoms with E-state index in [1.807, 2.05) is 0 Å². The van der Waals surface area contributed by atoms with E-state index in [1.165, 1.54) is 30.0 Å². The standard InChI is InChI=1S/C25H24F3N5O5.ClH/c1-33-13-19(32-23(36)15-8-16(25(26,27)28)10-17(29)9-15)11-20(33)24(37)31-18-5-3-4-14(6-18)7-21(34)30-12-22(35)38-2;/h3-6,8-11,13H,7,12,29H2,1-2H3,(H,30,34)(H,31,37)(H,32,36);1H. The average molecular weight is 568 g/mol. The molecule has 0 aliphatic heterocycles.